The Balaban J connectivity index is 1.41. The van der Waals surface area contributed by atoms with E-state index in [9.17, 15) is 4.79 Å². The minimum Gasteiger partial charge on any atom is -0.486 e. The van der Waals surface area contributed by atoms with E-state index in [0.29, 0.717) is 43.5 Å². The number of nitrogens with zero attached hydrogens (tertiary/aromatic N) is 1. The molecule has 1 unspecified atom stereocenters. The van der Waals surface area contributed by atoms with Gasteiger partial charge in [-0.15, -0.1) is 0 Å². The summed E-state index contributed by atoms with van der Waals surface area (Å²) in [6.45, 7) is 2.92. The molecule has 3 heterocycles. The molecule has 2 aromatic carbocycles. The molecule has 1 atom stereocenters. The van der Waals surface area contributed by atoms with Crippen LogP contribution in [-0.2, 0) is 0 Å². The normalized spacial score (nSPS) is 20.4. The largest absolute Gasteiger partial charge is 0.486 e. The molecule has 1 saturated heterocycles. The summed E-state index contributed by atoms with van der Waals surface area (Å²) in [6, 6.07) is 11.4. The molecule has 0 saturated carbocycles. The number of hydrogen-bond donors (Lipinski definition) is 0. The van der Waals surface area contributed by atoms with Gasteiger partial charge < -0.3 is 23.8 Å². The third kappa shape index (κ3) is 2.95. The topological polar surface area (TPSA) is 57.2 Å². The van der Waals surface area contributed by atoms with E-state index < -0.39 is 0 Å². The lowest BCUT2D eigenvalue weighted by atomic mass is 10.0. The highest BCUT2D eigenvalue weighted by atomic mass is 16.6. The zero-order chi connectivity index (χ0) is 18.2. The van der Waals surface area contributed by atoms with Crippen LogP contribution < -0.4 is 18.9 Å². The van der Waals surface area contributed by atoms with Crippen molar-refractivity contribution in [2.75, 3.05) is 33.0 Å². The molecule has 0 bridgehead atoms. The Hall–Kier alpha value is -2.89. The highest BCUT2D eigenvalue weighted by Gasteiger charge is 2.32. The van der Waals surface area contributed by atoms with Gasteiger partial charge in [0.15, 0.2) is 23.0 Å². The molecule has 0 N–H and O–H groups in total. The number of benzene rings is 2. The predicted molar refractivity (Wildman–Crippen MR) is 97.9 cm³/mol. The Bertz CT molecular complexity index is 881. The van der Waals surface area contributed by atoms with Crippen LogP contribution in [0.4, 0.5) is 0 Å². The monoisotopic (exact) mass is 367 g/mol. The highest BCUT2D eigenvalue weighted by Crippen LogP contribution is 2.39. The van der Waals surface area contributed by atoms with Crippen molar-refractivity contribution in [2.24, 2.45) is 0 Å². The van der Waals surface area contributed by atoms with Crippen LogP contribution in [0.5, 0.6) is 23.0 Å². The van der Waals surface area contributed by atoms with E-state index in [0.717, 1.165) is 36.4 Å². The zero-order valence-corrected chi connectivity index (χ0v) is 15.0. The second-order valence-corrected chi connectivity index (χ2v) is 6.92. The Labute approximate surface area is 157 Å². The quantitative estimate of drug-likeness (QED) is 0.816. The van der Waals surface area contributed by atoms with Gasteiger partial charge in [0, 0.05) is 12.1 Å². The van der Waals surface area contributed by atoms with Crippen LogP contribution in [0.2, 0.25) is 0 Å². The first-order chi connectivity index (χ1) is 13.3. The van der Waals surface area contributed by atoms with Crippen LogP contribution in [-0.4, -0.2) is 43.8 Å². The number of hydrogen-bond acceptors (Lipinski definition) is 5. The lowest BCUT2D eigenvalue weighted by Gasteiger charge is -2.27. The molecule has 2 aromatic rings. The predicted octanol–water partition coefficient (Wildman–Crippen LogP) is 3.21. The van der Waals surface area contributed by atoms with E-state index in [1.807, 2.05) is 35.2 Å². The number of rotatable bonds is 2. The standard InChI is InChI=1S/C21H21NO5/c23-21(15-4-6-18-20(13-15)27-11-9-25-18)22-7-1-2-16(22)14-3-5-17-19(12-14)26-10-8-24-17/h3-6,12-13,16H,1-2,7-11H2. The maximum absolute atomic E-state index is 13.2. The average Bonchev–Trinajstić information content (AvgIpc) is 3.22. The van der Waals surface area contributed by atoms with E-state index in [1.165, 1.54) is 0 Å². The molecule has 3 aliphatic heterocycles. The summed E-state index contributed by atoms with van der Waals surface area (Å²) in [6.07, 6.45) is 1.92. The third-order valence-electron chi connectivity index (χ3n) is 5.25. The molecular weight excluding hydrogens is 346 g/mol. The van der Waals surface area contributed by atoms with E-state index in [1.54, 1.807) is 6.07 Å². The lowest BCUT2D eigenvalue weighted by Crippen LogP contribution is -2.30. The van der Waals surface area contributed by atoms with Crippen molar-refractivity contribution in [2.45, 2.75) is 18.9 Å². The Morgan fingerprint density at radius 2 is 1.44 bits per heavy atom. The van der Waals surface area contributed by atoms with E-state index >= 15 is 0 Å². The number of ether oxygens (including phenoxy) is 4. The minimum absolute atomic E-state index is 0.0179. The van der Waals surface area contributed by atoms with Crippen molar-refractivity contribution in [1.82, 2.24) is 4.90 Å². The SMILES string of the molecule is O=C(c1ccc2c(c1)OCCO2)N1CCCC1c1ccc2c(c1)OCCO2. The van der Waals surface area contributed by atoms with Crippen molar-refractivity contribution in [3.05, 3.63) is 47.5 Å². The number of carbonyl (C=O) groups excluding carboxylic acids is 1. The summed E-state index contributed by atoms with van der Waals surface area (Å²) in [7, 11) is 0. The summed E-state index contributed by atoms with van der Waals surface area (Å²) >= 11 is 0. The lowest BCUT2D eigenvalue weighted by molar-refractivity contribution is 0.0734. The summed E-state index contributed by atoms with van der Waals surface area (Å²) in [5.41, 5.74) is 1.71. The van der Waals surface area contributed by atoms with Crippen LogP contribution in [0.15, 0.2) is 36.4 Å². The van der Waals surface area contributed by atoms with Gasteiger partial charge in [0.25, 0.3) is 5.91 Å². The van der Waals surface area contributed by atoms with Gasteiger partial charge in [0.1, 0.15) is 26.4 Å². The van der Waals surface area contributed by atoms with Crippen molar-refractivity contribution in [1.29, 1.82) is 0 Å². The molecule has 140 valence electrons. The summed E-state index contributed by atoms with van der Waals surface area (Å²) in [5, 5.41) is 0. The first-order valence-electron chi connectivity index (χ1n) is 9.40. The van der Waals surface area contributed by atoms with Crippen LogP contribution >= 0.6 is 0 Å². The van der Waals surface area contributed by atoms with E-state index in [2.05, 4.69) is 0 Å². The second-order valence-electron chi connectivity index (χ2n) is 6.92. The Morgan fingerprint density at radius 1 is 0.815 bits per heavy atom. The number of fused-ring (bicyclic) bond motifs is 2. The van der Waals surface area contributed by atoms with Crippen LogP contribution in [0, 0.1) is 0 Å². The van der Waals surface area contributed by atoms with Gasteiger partial charge in [-0.05, 0) is 48.7 Å². The van der Waals surface area contributed by atoms with Crippen LogP contribution in [0.25, 0.3) is 0 Å². The fourth-order valence-corrected chi connectivity index (χ4v) is 3.97. The van der Waals surface area contributed by atoms with Gasteiger partial charge in [0.05, 0.1) is 6.04 Å². The molecule has 0 aliphatic carbocycles. The van der Waals surface area contributed by atoms with Crippen LogP contribution in [0.1, 0.15) is 34.8 Å². The molecule has 0 aromatic heterocycles. The molecule has 27 heavy (non-hydrogen) atoms. The van der Waals surface area contributed by atoms with Gasteiger partial charge in [0.2, 0.25) is 0 Å². The fourth-order valence-electron chi connectivity index (χ4n) is 3.97. The van der Waals surface area contributed by atoms with Crippen molar-refractivity contribution >= 4 is 5.91 Å². The molecule has 1 amide bonds. The Morgan fingerprint density at radius 3 is 2.19 bits per heavy atom. The molecular formula is C21H21NO5. The zero-order valence-electron chi connectivity index (χ0n) is 15.0. The van der Waals surface area contributed by atoms with Crippen molar-refractivity contribution in [3.63, 3.8) is 0 Å². The Kier molecular flexibility index (Phi) is 4.03. The number of likely N-dealkylation sites (tertiary alicyclic amines) is 1. The molecule has 6 heteroatoms. The van der Waals surface area contributed by atoms with Gasteiger partial charge in [-0.2, -0.15) is 0 Å². The van der Waals surface area contributed by atoms with Crippen molar-refractivity contribution in [3.8, 4) is 23.0 Å². The van der Waals surface area contributed by atoms with Gasteiger partial charge in [-0.25, -0.2) is 0 Å². The van der Waals surface area contributed by atoms with Gasteiger partial charge in [-0.1, -0.05) is 6.07 Å². The molecule has 1 fully saturated rings. The van der Waals surface area contributed by atoms with E-state index in [4.69, 9.17) is 18.9 Å². The smallest absolute Gasteiger partial charge is 0.254 e. The third-order valence-corrected chi connectivity index (χ3v) is 5.25. The second kappa shape index (κ2) is 6.68. The summed E-state index contributed by atoms with van der Waals surface area (Å²) in [5.74, 6) is 2.89. The summed E-state index contributed by atoms with van der Waals surface area (Å²) in [4.78, 5) is 15.1. The average molecular weight is 367 g/mol. The van der Waals surface area contributed by atoms with Crippen LogP contribution in [0.3, 0.4) is 0 Å². The maximum Gasteiger partial charge on any atom is 0.254 e. The number of carbonyl (C=O) groups is 1. The fraction of sp³-hybridized carbons (Fsp3) is 0.381. The highest BCUT2D eigenvalue weighted by molar-refractivity contribution is 5.95. The molecule has 0 radical (unpaired) electrons. The number of amides is 1. The molecule has 6 nitrogen and oxygen atoms in total. The molecule has 0 spiro atoms. The van der Waals surface area contributed by atoms with Gasteiger partial charge in [-0.3, -0.25) is 4.79 Å². The van der Waals surface area contributed by atoms with Crippen molar-refractivity contribution < 1.29 is 23.7 Å². The maximum atomic E-state index is 13.2. The first kappa shape index (κ1) is 16.3. The summed E-state index contributed by atoms with van der Waals surface area (Å²) < 4.78 is 22.5. The van der Waals surface area contributed by atoms with Gasteiger partial charge >= 0.3 is 0 Å². The molecule has 3 aliphatic rings. The molecule has 5 rings (SSSR count). The minimum atomic E-state index is 0.0179. The first-order valence-corrected chi connectivity index (χ1v) is 9.40. The van der Waals surface area contributed by atoms with E-state index in [-0.39, 0.29) is 11.9 Å².